The zero-order valence-corrected chi connectivity index (χ0v) is 25.5. The standard InChI is InChI=1S/C34H32N4O5S/c1-22-11-14-25(15-12-22)38-34-31(32(36-38)23-8-5-4-6-9-23)33(24-13-16-27(41-2)28(18-24)42-3)44-21-30(40)37(34)20-29(39)35-19-26-10-7-17-43-26/h4-18,33H,19-21H2,1-3H3,(H,35,39)/t33-/m0/s1. The summed E-state index contributed by atoms with van der Waals surface area (Å²) in [5.41, 5.74) is 5.26. The number of amides is 2. The molecule has 1 aliphatic rings. The van der Waals surface area contributed by atoms with E-state index in [0.29, 0.717) is 23.1 Å². The minimum atomic E-state index is -0.312. The van der Waals surface area contributed by atoms with Crippen LogP contribution in [-0.2, 0) is 16.1 Å². The Labute approximate surface area is 259 Å². The van der Waals surface area contributed by atoms with E-state index in [1.54, 1.807) is 42.2 Å². The molecule has 9 nitrogen and oxygen atoms in total. The van der Waals surface area contributed by atoms with Crippen molar-refractivity contribution in [2.24, 2.45) is 0 Å². The van der Waals surface area contributed by atoms with Gasteiger partial charge in [-0.05, 0) is 48.9 Å². The summed E-state index contributed by atoms with van der Waals surface area (Å²) in [4.78, 5) is 28.8. The quantitative estimate of drug-likeness (QED) is 0.221. The van der Waals surface area contributed by atoms with Gasteiger partial charge in [-0.15, -0.1) is 11.8 Å². The number of methoxy groups -OCH3 is 2. The second-order valence-corrected chi connectivity index (χ2v) is 11.4. The number of hydrogen-bond acceptors (Lipinski definition) is 7. The number of aromatic nitrogens is 2. The number of hydrogen-bond donors (Lipinski definition) is 1. The van der Waals surface area contributed by atoms with Gasteiger partial charge in [-0.25, -0.2) is 4.68 Å². The number of carbonyl (C=O) groups excluding carboxylic acids is 2. The summed E-state index contributed by atoms with van der Waals surface area (Å²) >= 11 is 1.49. The minimum absolute atomic E-state index is 0.154. The molecule has 224 valence electrons. The van der Waals surface area contributed by atoms with E-state index < -0.39 is 0 Å². The van der Waals surface area contributed by atoms with E-state index in [1.165, 1.54) is 11.8 Å². The van der Waals surface area contributed by atoms with E-state index in [0.717, 1.165) is 33.6 Å². The summed E-state index contributed by atoms with van der Waals surface area (Å²) in [5, 5.41) is 7.72. The van der Waals surface area contributed by atoms with Crippen molar-refractivity contribution in [1.82, 2.24) is 15.1 Å². The molecule has 2 aromatic heterocycles. The molecule has 5 aromatic rings. The molecule has 0 aliphatic carbocycles. The van der Waals surface area contributed by atoms with E-state index in [9.17, 15) is 9.59 Å². The summed E-state index contributed by atoms with van der Waals surface area (Å²) in [6.07, 6.45) is 1.56. The van der Waals surface area contributed by atoms with Gasteiger partial charge in [-0.2, -0.15) is 5.10 Å². The lowest BCUT2D eigenvalue weighted by Gasteiger charge is -2.23. The lowest BCUT2D eigenvalue weighted by molar-refractivity contribution is -0.123. The maximum absolute atomic E-state index is 14.0. The molecular formula is C34H32N4O5S. The number of fused-ring (bicyclic) bond motifs is 1. The van der Waals surface area contributed by atoms with Gasteiger partial charge in [0, 0.05) is 11.1 Å². The number of benzene rings is 3. The van der Waals surface area contributed by atoms with Crippen molar-refractivity contribution in [3.8, 4) is 28.4 Å². The van der Waals surface area contributed by atoms with Crippen LogP contribution in [0.5, 0.6) is 11.5 Å². The van der Waals surface area contributed by atoms with Crippen LogP contribution in [0.1, 0.15) is 27.7 Å². The molecule has 0 radical (unpaired) electrons. The van der Waals surface area contributed by atoms with Crippen LogP contribution in [0, 0.1) is 6.92 Å². The molecule has 2 amide bonds. The maximum Gasteiger partial charge on any atom is 0.240 e. The fourth-order valence-corrected chi connectivity index (χ4v) is 6.46. The summed E-state index contributed by atoms with van der Waals surface area (Å²) in [6.45, 7) is 2.06. The smallest absolute Gasteiger partial charge is 0.240 e. The van der Waals surface area contributed by atoms with E-state index in [4.69, 9.17) is 19.0 Å². The van der Waals surface area contributed by atoms with Gasteiger partial charge in [0.15, 0.2) is 11.5 Å². The first kappa shape index (κ1) is 29.1. The topological polar surface area (TPSA) is 98.8 Å². The molecule has 0 fully saturated rings. The summed E-state index contributed by atoms with van der Waals surface area (Å²) in [6, 6.07) is 27.2. The molecule has 0 saturated heterocycles. The minimum Gasteiger partial charge on any atom is -0.493 e. The Balaban J connectivity index is 1.54. The second kappa shape index (κ2) is 12.7. The fraction of sp³-hybridized carbons (Fsp3) is 0.206. The molecule has 10 heteroatoms. The lowest BCUT2D eigenvalue weighted by Crippen LogP contribution is -2.42. The summed E-state index contributed by atoms with van der Waals surface area (Å²) in [5.74, 6) is 2.02. The van der Waals surface area contributed by atoms with Gasteiger partial charge in [0.1, 0.15) is 18.1 Å². The van der Waals surface area contributed by atoms with Crippen molar-refractivity contribution >= 4 is 29.4 Å². The van der Waals surface area contributed by atoms with Crippen LogP contribution in [0.15, 0.2) is 95.6 Å². The van der Waals surface area contributed by atoms with Gasteiger partial charge in [0.2, 0.25) is 11.8 Å². The Hall–Kier alpha value is -4.96. The molecule has 6 rings (SSSR count). The average molecular weight is 609 g/mol. The summed E-state index contributed by atoms with van der Waals surface area (Å²) in [7, 11) is 3.20. The van der Waals surface area contributed by atoms with Crippen LogP contribution in [0.4, 0.5) is 5.82 Å². The SMILES string of the molecule is COc1ccc([C@@H]2SCC(=O)N(CC(=O)NCc3ccco3)c3c2c(-c2ccccc2)nn3-c2ccc(C)cc2)cc1OC. The van der Waals surface area contributed by atoms with Crippen molar-refractivity contribution < 1.29 is 23.5 Å². The number of carbonyl (C=O) groups is 2. The number of nitrogens with one attached hydrogen (secondary N) is 1. The Bertz CT molecular complexity index is 1770. The monoisotopic (exact) mass is 608 g/mol. The zero-order chi connectivity index (χ0) is 30.6. The molecule has 1 aliphatic heterocycles. The van der Waals surface area contributed by atoms with Crippen molar-refractivity contribution in [2.45, 2.75) is 18.7 Å². The van der Waals surface area contributed by atoms with E-state index in [2.05, 4.69) is 5.32 Å². The number of aryl methyl sites for hydroxylation is 1. The Morgan fingerprint density at radius 2 is 1.77 bits per heavy atom. The molecular weight excluding hydrogens is 576 g/mol. The first-order chi connectivity index (χ1) is 21.5. The molecule has 3 heterocycles. The van der Waals surface area contributed by atoms with Crippen molar-refractivity contribution in [1.29, 1.82) is 0 Å². The van der Waals surface area contributed by atoms with Gasteiger partial charge < -0.3 is 19.2 Å². The van der Waals surface area contributed by atoms with Crippen LogP contribution in [0.25, 0.3) is 16.9 Å². The number of rotatable bonds is 9. The number of anilines is 1. The van der Waals surface area contributed by atoms with Gasteiger partial charge in [0.25, 0.3) is 0 Å². The number of nitrogens with zero attached hydrogens (tertiary/aromatic N) is 3. The highest BCUT2D eigenvalue weighted by Gasteiger charge is 2.38. The molecule has 0 bridgehead atoms. The third-order valence-corrected chi connectivity index (χ3v) is 8.72. The molecule has 1 N–H and O–H groups in total. The van der Waals surface area contributed by atoms with Crippen LogP contribution < -0.4 is 19.7 Å². The average Bonchev–Trinajstić information content (AvgIpc) is 3.69. The number of thioether (sulfide) groups is 1. The molecule has 0 saturated carbocycles. The molecule has 1 atom stereocenters. The fourth-order valence-electron chi connectivity index (χ4n) is 5.27. The van der Waals surface area contributed by atoms with E-state index in [1.807, 2.05) is 79.7 Å². The van der Waals surface area contributed by atoms with E-state index >= 15 is 0 Å². The van der Waals surface area contributed by atoms with Gasteiger partial charge in [-0.1, -0.05) is 54.1 Å². The predicted octanol–water partition coefficient (Wildman–Crippen LogP) is 5.94. The molecule has 0 spiro atoms. The second-order valence-electron chi connectivity index (χ2n) is 10.3. The third-order valence-electron chi connectivity index (χ3n) is 7.47. The normalized spacial score (nSPS) is 14.6. The highest BCUT2D eigenvalue weighted by Crippen LogP contribution is 2.49. The third kappa shape index (κ3) is 5.80. The van der Waals surface area contributed by atoms with Crippen LogP contribution in [0.3, 0.4) is 0 Å². The number of furan rings is 1. The highest BCUT2D eigenvalue weighted by atomic mass is 32.2. The molecule has 44 heavy (non-hydrogen) atoms. The Kier molecular flexibility index (Phi) is 8.42. The van der Waals surface area contributed by atoms with Crippen LogP contribution in [0.2, 0.25) is 0 Å². The van der Waals surface area contributed by atoms with Crippen LogP contribution in [-0.4, -0.2) is 48.1 Å². The molecule has 3 aromatic carbocycles. The lowest BCUT2D eigenvalue weighted by atomic mass is 9.99. The van der Waals surface area contributed by atoms with Crippen LogP contribution >= 0.6 is 11.8 Å². The predicted molar refractivity (Wildman–Crippen MR) is 170 cm³/mol. The van der Waals surface area contributed by atoms with E-state index in [-0.39, 0.29) is 35.9 Å². The number of ether oxygens (including phenoxy) is 2. The maximum atomic E-state index is 14.0. The Morgan fingerprint density at radius 3 is 2.48 bits per heavy atom. The zero-order valence-electron chi connectivity index (χ0n) is 24.7. The highest BCUT2D eigenvalue weighted by molar-refractivity contribution is 8.00. The van der Waals surface area contributed by atoms with Gasteiger partial charge >= 0.3 is 0 Å². The largest absolute Gasteiger partial charge is 0.493 e. The molecule has 0 unspecified atom stereocenters. The summed E-state index contributed by atoms with van der Waals surface area (Å²) < 4.78 is 18.3. The van der Waals surface area contributed by atoms with Gasteiger partial charge in [0.05, 0.1) is 49.4 Å². The first-order valence-electron chi connectivity index (χ1n) is 14.1. The Morgan fingerprint density at radius 1 is 1.00 bits per heavy atom. The van der Waals surface area contributed by atoms with Crippen molar-refractivity contribution in [2.75, 3.05) is 31.4 Å². The first-order valence-corrected chi connectivity index (χ1v) is 15.2. The van der Waals surface area contributed by atoms with Crippen molar-refractivity contribution in [3.63, 3.8) is 0 Å². The van der Waals surface area contributed by atoms with Gasteiger partial charge in [-0.3, -0.25) is 14.5 Å². The van der Waals surface area contributed by atoms with Crippen molar-refractivity contribution in [3.05, 3.63) is 114 Å².